The molecule has 18 heavy (non-hydrogen) atoms. The van der Waals surface area contributed by atoms with Gasteiger partial charge in [-0.05, 0) is 30.0 Å². The van der Waals surface area contributed by atoms with Crippen molar-refractivity contribution in [2.24, 2.45) is 0 Å². The molecule has 1 aromatic carbocycles. The van der Waals surface area contributed by atoms with Gasteiger partial charge >= 0.3 is 11.9 Å². The number of rotatable bonds is 6. The van der Waals surface area contributed by atoms with Gasteiger partial charge in [0.05, 0.1) is 19.4 Å². The van der Waals surface area contributed by atoms with Gasteiger partial charge in [0.2, 0.25) is 0 Å². The summed E-state index contributed by atoms with van der Waals surface area (Å²) in [5.41, 5.74) is 2.49. The fraction of sp³-hybridized carbons (Fsp3) is 0.429. The largest absolute Gasteiger partial charge is 0.481 e. The predicted octanol–water partition coefficient (Wildman–Crippen LogP) is 1.98. The van der Waals surface area contributed by atoms with E-state index in [1.54, 1.807) is 6.92 Å². The maximum atomic E-state index is 11.4. The molecule has 0 aromatic heterocycles. The van der Waals surface area contributed by atoms with Gasteiger partial charge in [-0.3, -0.25) is 9.59 Å². The van der Waals surface area contributed by atoms with Gasteiger partial charge in [-0.25, -0.2) is 0 Å². The molecule has 0 unspecified atom stereocenters. The molecule has 1 rings (SSSR count). The molecular formula is C14H18O4. The van der Waals surface area contributed by atoms with Crippen molar-refractivity contribution in [3.63, 3.8) is 0 Å². The quantitative estimate of drug-likeness (QED) is 0.784. The minimum atomic E-state index is -0.895. The Balaban J connectivity index is 2.94. The van der Waals surface area contributed by atoms with E-state index in [0.717, 1.165) is 17.5 Å². The first-order chi connectivity index (χ1) is 8.56. The number of carboxylic acid groups (broad SMARTS) is 1. The zero-order valence-corrected chi connectivity index (χ0v) is 10.7. The third-order valence-electron chi connectivity index (χ3n) is 2.66. The Kier molecular flexibility index (Phi) is 5.36. The van der Waals surface area contributed by atoms with Crippen molar-refractivity contribution in [1.82, 2.24) is 0 Å². The van der Waals surface area contributed by atoms with Crippen LogP contribution in [0.25, 0.3) is 0 Å². The number of ether oxygens (including phenoxy) is 1. The van der Waals surface area contributed by atoms with E-state index in [0.29, 0.717) is 12.2 Å². The highest BCUT2D eigenvalue weighted by Gasteiger charge is 2.11. The summed E-state index contributed by atoms with van der Waals surface area (Å²) in [5.74, 6) is -1.22. The fourth-order valence-electron chi connectivity index (χ4n) is 1.77. The van der Waals surface area contributed by atoms with Crippen molar-refractivity contribution in [1.29, 1.82) is 0 Å². The lowest BCUT2D eigenvalue weighted by Gasteiger charge is -2.09. The van der Waals surface area contributed by atoms with E-state index in [1.807, 2.05) is 25.1 Å². The van der Waals surface area contributed by atoms with E-state index >= 15 is 0 Å². The lowest BCUT2D eigenvalue weighted by Crippen LogP contribution is -2.11. The zero-order chi connectivity index (χ0) is 13.5. The number of carbonyl (C=O) groups is 2. The van der Waals surface area contributed by atoms with Crippen LogP contribution in [0.1, 0.15) is 30.5 Å². The first kappa shape index (κ1) is 14.2. The lowest BCUT2D eigenvalue weighted by atomic mass is 9.98. The van der Waals surface area contributed by atoms with Gasteiger partial charge in [0.15, 0.2) is 0 Å². The van der Waals surface area contributed by atoms with Crippen LogP contribution in [0.2, 0.25) is 0 Å². The van der Waals surface area contributed by atoms with E-state index in [9.17, 15) is 9.59 Å². The average molecular weight is 250 g/mol. The number of benzene rings is 1. The fourth-order valence-corrected chi connectivity index (χ4v) is 1.77. The van der Waals surface area contributed by atoms with Crippen LogP contribution in [0.5, 0.6) is 0 Å². The number of carboxylic acids is 1. The number of aliphatic carboxylic acids is 1. The number of carbonyl (C=O) groups excluding carboxylic acids is 1. The molecule has 1 aromatic rings. The van der Waals surface area contributed by atoms with Gasteiger partial charge < -0.3 is 9.84 Å². The van der Waals surface area contributed by atoms with E-state index in [4.69, 9.17) is 9.84 Å². The number of esters is 1. The van der Waals surface area contributed by atoms with Crippen LogP contribution in [-0.2, 0) is 33.6 Å². The Morgan fingerprint density at radius 3 is 2.44 bits per heavy atom. The van der Waals surface area contributed by atoms with E-state index in [2.05, 4.69) is 0 Å². The first-order valence-electron chi connectivity index (χ1n) is 6.04. The van der Waals surface area contributed by atoms with Crippen molar-refractivity contribution in [2.45, 2.75) is 33.1 Å². The highest BCUT2D eigenvalue weighted by atomic mass is 16.5. The van der Waals surface area contributed by atoms with Crippen LogP contribution < -0.4 is 0 Å². The molecule has 4 heteroatoms. The second-order valence-electron chi connectivity index (χ2n) is 4.01. The predicted molar refractivity (Wildman–Crippen MR) is 67.5 cm³/mol. The minimum Gasteiger partial charge on any atom is -0.481 e. The van der Waals surface area contributed by atoms with Gasteiger partial charge in [-0.1, -0.05) is 25.1 Å². The van der Waals surface area contributed by atoms with Crippen molar-refractivity contribution >= 4 is 11.9 Å². The Bertz CT molecular complexity index is 437. The molecule has 0 atom stereocenters. The summed E-state index contributed by atoms with van der Waals surface area (Å²) < 4.78 is 4.88. The maximum Gasteiger partial charge on any atom is 0.310 e. The highest BCUT2D eigenvalue weighted by Crippen LogP contribution is 2.15. The molecule has 0 spiro atoms. The molecule has 0 saturated heterocycles. The molecule has 4 nitrogen and oxygen atoms in total. The minimum absolute atomic E-state index is 0.0669. The molecule has 0 heterocycles. The second-order valence-corrected chi connectivity index (χ2v) is 4.01. The van der Waals surface area contributed by atoms with Gasteiger partial charge in [0, 0.05) is 0 Å². The van der Waals surface area contributed by atoms with Crippen LogP contribution in [0.3, 0.4) is 0 Å². The molecule has 0 amide bonds. The Labute approximate surface area is 107 Å². The van der Waals surface area contributed by atoms with Crippen LogP contribution in [-0.4, -0.2) is 23.7 Å². The molecule has 0 fully saturated rings. The van der Waals surface area contributed by atoms with Crippen LogP contribution in [0.15, 0.2) is 18.2 Å². The molecule has 0 aliphatic rings. The first-order valence-corrected chi connectivity index (χ1v) is 6.04. The van der Waals surface area contributed by atoms with Crippen LogP contribution in [0, 0.1) is 0 Å². The Hall–Kier alpha value is -1.84. The van der Waals surface area contributed by atoms with Gasteiger partial charge in [-0.2, -0.15) is 0 Å². The molecule has 1 N–H and O–H groups in total. The van der Waals surface area contributed by atoms with Crippen LogP contribution >= 0.6 is 0 Å². The monoisotopic (exact) mass is 250 g/mol. The normalized spacial score (nSPS) is 10.1. The summed E-state index contributed by atoms with van der Waals surface area (Å²) in [6.07, 6.45) is 0.898. The SMILES string of the molecule is CCOC(=O)Cc1ccc(CC)cc1CC(=O)O. The Morgan fingerprint density at radius 1 is 1.17 bits per heavy atom. The molecular weight excluding hydrogens is 232 g/mol. The van der Waals surface area contributed by atoms with Crippen LogP contribution in [0.4, 0.5) is 0 Å². The van der Waals surface area contributed by atoms with Crippen molar-refractivity contribution in [2.75, 3.05) is 6.61 Å². The number of aryl methyl sites for hydroxylation is 1. The van der Waals surface area contributed by atoms with Gasteiger partial charge in [0.1, 0.15) is 0 Å². The molecule has 0 aliphatic heterocycles. The Morgan fingerprint density at radius 2 is 1.89 bits per heavy atom. The number of hydrogen-bond acceptors (Lipinski definition) is 3. The smallest absolute Gasteiger partial charge is 0.310 e. The lowest BCUT2D eigenvalue weighted by molar-refractivity contribution is -0.142. The third-order valence-corrected chi connectivity index (χ3v) is 2.66. The van der Waals surface area contributed by atoms with Crippen molar-refractivity contribution in [3.8, 4) is 0 Å². The van der Waals surface area contributed by atoms with E-state index in [-0.39, 0.29) is 18.8 Å². The van der Waals surface area contributed by atoms with Gasteiger partial charge in [-0.15, -0.1) is 0 Å². The van der Waals surface area contributed by atoms with E-state index < -0.39 is 5.97 Å². The van der Waals surface area contributed by atoms with Crippen molar-refractivity contribution < 1.29 is 19.4 Å². The van der Waals surface area contributed by atoms with Crippen molar-refractivity contribution in [3.05, 3.63) is 34.9 Å². The maximum absolute atomic E-state index is 11.4. The molecule has 98 valence electrons. The highest BCUT2D eigenvalue weighted by molar-refractivity contribution is 5.75. The number of hydrogen-bond donors (Lipinski definition) is 1. The van der Waals surface area contributed by atoms with Gasteiger partial charge in [0.25, 0.3) is 0 Å². The summed E-state index contributed by atoms with van der Waals surface area (Å²) in [4.78, 5) is 22.3. The molecule has 0 saturated carbocycles. The summed E-state index contributed by atoms with van der Waals surface area (Å²) in [7, 11) is 0. The summed E-state index contributed by atoms with van der Waals surface area (Å²) in [6.45, 7) is 4.08. The average Bonchev–Trinajstić information content (AvgIpc) is 2.31. The molecule has 0 aliphatic carbocycles. The summed E-state index contributed by atoms with van der Waals surface area (Å²) >= 11 is 0. The standard InChI is InChI=1S/C14H18O4/c1-3-10-5-6-11(9-14(17)18-4-2)12(7-10)8-13(15)16/h5-7H,3-4,8-9H2,1-2H3,(H,15,16). The second kappa shape index (κ2) is 6.79. The zero-order valence-electron chi connectivity index (χ0n) is 10.7. The molecule has 0 bridgehead atoms. The van der Waals surface area contributed by atoms with E-state index in [1.165, 1.54) is 0 Å². The summed E-state index contributed by atoms with van der Waals surface area (Å²) in [5, 5.41) is 8.88. The third kappa shape index (κ3) is 4.20. The molecule has 0 radical (unpaired) electrons. The summed E-state index contributed by atoms with van der Waals surface area (Å²) in [6, 6.07) is 5.58. The topological polar surface area (TPSA) is 63.6 Å².